The van der Waals surface area contributed by atoms with Gasteiger partial charge in [0.15, 0.2) is 0 Å². The minimum absolute atomic E-state index is 0.0799. The van der Waals surface area contributed by atoms with E-state index < -0.39 is 0 Å². The van der Waals surface area contributed by atoms with Crippen molar-refractivity contribution in [1.82, 2.24) is 0 Å². The van der Waals surface area contributed by atoms with Gasteiger partial charge in [0, 0.05) is 25.4 Å². The Labute approximate surface area is 124 Å². The molecule has 0 amide bonds. The van der Waals surface area contributed by atoms with Crippen molar-refractivity contribution in [2.45, 2.75) is 84.7 Å². The standard InChI is InChI=1S/C17H32O3/c1-16(2,14-18)12-8-6-10-15(19)11-7-9-13-17(3,4)20-5/h14H,6-13H2,1-5H3. The molecule has 20 heavy (non-hydrogen) atoms. The number of rotatable bonds is 12. The van der Waals surface area contributed by atoms with Crippen molar-refractivity contribution in [3.8, 4) is 0 Å². The van der Waals surface area contributed by atoms with Crippen LogP contribution in [-0.2, 0) is 14.3 Å². The van der Waals surface area contributed by atoms with E-state index in [0.717, 1.165) is 44.8 Å². The Bertz CT molecular complexity index is 293. The molecule has 0 aliphatic heterocycles. The fourth-order valence-electron chi connectivity index (χ4n) is 2.06. The molecule has 118 valence electrons. The van der Waals surface area contributed by atoms with Crippen molar-refractivity contribution in [1.29, 1.82) is 0 Å². The van der Waals surface area contributed by atoms with E-state index >= 15 is 0 Å². The Kier molecular flexibility index (Phi) is 8.95. The van der Waals surface area contributed by atoms with E-state index in [1.165, 1.54) is 0 Å². The molecule has 0 bridgehead atoms. The van der Waals surface area contributed by atoms with Crippen molar-refractivity contribution < 1.29 is 14.3 Å². The van der Waals surface area contributed by atoms with Gasteiger partial charge in [-0.05, 0) is 39.5 Å². The van der Waals surface area contributed by atoms with Crippen molar-refractivity contribution >= 4 is 12.1 Å². The predicted octanol–water partition coefficient (Wildman–Crippen LogP) is 4.33. The Morgan fingerprint density at radius 3 is 1.90 bits per heavy atom. The van der Waals surface area contributed by atoms with Crippen molar-refractivity contribution in [3.05, 3.63) is 0 Å². The van der Waals surface area contributed by atoms with Gasteiger partial charge in [-0.25, -0.2) is 0 Å². The Balaban J connectivity index is 3.58. The molecule has 0 spiro atoms. The number of ketones is 1. The number of carbonyl (C=O) groups excluding carboxylic acids is 2. The van der Waals surface area contributed by atoms with Crippen LogP contribution in [0.3, 0.4) is 0 Å². The summed E-state index contributed by atoms with van der Waals surface area (Å²) in [5.41, 5.74) is -0.321. The molecular formula is C17H32O3. The molecule has 3 nitrogen and oxygen atoms in total. The van der Waals surface area contributed by atoms with E-state index in [0.29, 0.717) is 18.6 Å². The smallest absolute Gasteiger partial charge is 0.132 e. The topological polar surface area (TPSA) is 43.4 Å². The average Bonchev–Trinajstić information content (AvgIpc) is 2.40. The van der Waals surface area contributed by atoms with Gasteiger partial charge in [0.05, 0.1) is 5.60 Å². The zero-order chi connectivity index (χ0) is 15.6. The second kappa shape index (κ2) is 9.28. The van der Waals surface area contributed by atoms with E-state index in [2.05, 4.69) is 13.8 Å². The van der Waals surface area contributed by atoms with E-state index in [1.807, 2.05) is 13.8 Å². The van der Waals surface area contributed by atoms with Gasteiger partial charge in [0.2, 0.25) is 0 Å². The maximum atomic E-state index is 11.7. The number of unbranched alkanes of at least 4 members (excludes halogenated alkanes) is 2. The van der Waals surface area contributed by atoms with Gasteiger partial charge < -0.3 is 9.53 Å². The molecule has 0 aliphatic rings. The lowest BCUT2D eigenvalue weighted by Crippen LogP contribution is -2.21. The van der Waals surface area contributed by atoms with Crippen LogP contribution >= 0.6 is 0 Å². The molecule has 0 aromatic rings. The highest BCUT2D eigenvalue weighted by molar-refractivity contribution is 5.78. The summed E-state index contributed by atoms with van der Waals surface area (Å²) in [4.78, 5) is 22.5. The molecule has 0 atom stereocenters. The third-order valence-electron chi connectivity index (χ3n) is 3.88. The second-order valence-corrected chi connectivity index (χ2v) is 7.02. The highest BCUT2D eigenvalue weighted by Crippen LogP contribution is 2.21. The number of carbonyl (C=O) groups is 2. The Hall–Kier alpha value is -0.700. The molecule has 0 saturated heterocycles. The first-order valence-corrected chi connectivity index (χ1v) is 7.76. The Morgan fingerprint density at radius 1 is 0.950 bits per heavy atom. The lowest BCUT2D eigenvalue weighted by atomic mass is 9.88. The molecule has 0 aromatic heterocycles. The quantitative estimate of drug-likeness (QED) is 0.396. The van der Waals surface area contributed by atoms with Gasteiger partial charge in [-0.15, -0.1) is 0 Å². The van der Waals surface area contributed by atoms with Crippen LogP contribution < -0.4 is 0 Å². The largest absolute Gasteiger partial charge is 0.379 e. The molecule has 0 rings (SSSR count). The Morgan fingerprint density at radius 2 is 1.45 bits per heavy atom. The number of aldehydes is 1. The maximum Gasteiger partial charge on any atom is 0.132 e. The zero-order valence-corrected chi connectivity index (χ0v) is 14.0. The van der Waals surface area contributed by atoms with Crippen molar-refractivity contribution in [2.24, 2.45) is 5.41 Å². The zero-order valence-electron chi connectivity index (χ0n) is 14.0. The molecule has 0 saturated carbocycles. The van der Waals surface area contributed by atoms with Crippen LogP contribution in [0, 0.1) is 5.41 Å². The van der Waals surface area contributed by atoms with Gasteiger partial charge in [-0.2, -0.15) is 0 Å². The van der Waals surface area contributed by atoms with E-state index in [-0.39, 0.29) is 11.0 Å². The molecule has 0 N–H and O–H groups in total. The summed E-state index contributed by atoms with van der Waals surface area (Å²) in [6.45, 7) is 8.03. The molecule has 0 unspecified atom stereocenters. The van der Waals surface area contributed by atoms with Gasteiger partial charge in [-0.3, -0.25) is 4.79 Å². The molecule has 0 radical (unpaired) electrons. The third kappa shape index (κ3) is 10.1. The first-order valence-electron chi connectivity index (χ1n) is 7.76. The first kappa shape index (κ1) is 19.3. The molecular weight excluding hydrogens is 252 g/mol. The lowest BCUT2D eigenvalue weighted by Gasteiger charge is -2.22. The third-order valence-corrected chi connectivity index (χ3v) is 3.88. The highest BCUT2D eigenvalue weighted by Gasteiger charge is 2.16. The minimum Gasteiger partial charge on any atom is -0.379 e. The van der Waals surface area contributed by atoms with Gasteiger partial charge in [-0.1, -0.05) is 26.7 Å². The molecule has 3 heteroatoms. The van der Waals surface area contributed by atoms with Crippen LogP contribution in [0.2, 0.25) is 0 Å². The molecule has 0 aromatic carbocycles. The SMILES string of the molecule is COC(C)(C)CCCCC(=O)CCCCC(C)(C)C=O. The van der Waals surface area contributed by atoms with Gasteiger partial charge in [0.25, 0.3) is 0 Å². The van der Waals surface area contributed by atoms with Gasteiger partial charge >= 0.3 is 0 Å². The van der Waals surface area contributed by atoms with Crippen molar-refractivity contribution in [3.63, 3.8) is 0 Å². The summed E-state index contributed by atoms with van der Waals surface area (Å²) in [6.07, 6.45) is 8.03. The first-order chi connectivity index (χ1) is 9.22. The number of methoxy groups -OCH3 is 1. The fourth-order valence-corrected chi connectivity index (χ4v) is 2.06. The van der Waals surface area contributed by atoms with E-state index in [1.54, 1.807) is 7.11 Å². The average molecular weight is 284 g/mol. The van der Waals surface area contributed by atoms with E-state index in [4.69, 9.17) is 4.74 Å². The summed E-state index contributed by atoms with van der Waals surface area (Å²) in [5, 5.41) is 0. The van der Waals surface area contributed by atoms with Crippen LogP contribution in [0.4, 0.5) is 0 Å². The summed E-state index contributed by atoms with van der Waals surface area (Å²) in [7, 11) is 1.73. The van der Waals surface area contributed by atoms with E-state index in [9.17, 15) is 9.59 Å². The molecule has 0 heterocycles. The number of ether oxygens (including phenoxy) is 1. The second-order valence-electron chi connectivity index (χ2n) is 7.02. The van der Waals surface area contributed by atoms with Crippen LogP contribution in [0.5, 0.6) is 0 Å². The summed E-state index contributed by atoms with van der Waals surface area (Å²) in [5.74, 6) is 0.351. The fraction of sp³-hybridized carbons (Fsp3) is 0.882. The predicted molar refractivity (Wildman–Crippen MR) is 82.9 cm³/mol. The van der Waals surface area contributed by atoms with Crippen LogP contribution in [0.25, 0.3) is 0 Å². The maximum absolute atomic E-state index is 11.7. The number of hydrogen-bond acceptors (Lipinski definition) is 3. The number of hydrogen-bond donors (Lipinski definition) is 0. The van der Waals surface area contributed by atoms with Gasteiger partial charge in [0.1, 0.15) is 12.1 Å². The normalized spacial score (nSPS) is 12.4. The number of Topliss-reactive ketones (excluding diaryl/α,β-unsaturated/α-hetero) is 1. The monoisotopic (exact) mass is 284 g/mol. The molecule has 0 fully saturated rings. The van der Waals surface area contributed by atoms with Crippen LogP contribution in [0.15, 0.2) is 0 Å². The summed E-state index contributed by atoms with van der Waals surface area (Å²) < 4.78 is 5.35. The minimum atomic E-state index is -0.241. The van der Waals surface area contributed by atoms with Crippen LogP contribution in [0.1, 0.15) is 79.1 Å². The highest BCUT2D eigenvalue weighted by atomic mass is 16.5. The lowest BCUT2D eigenvalue weighted by molar-refractivity contribution is -0.119. The van der Waals surface area contributed by atoms with Crippen molar-refractivity contribution in [2.75, 3.05) is 7.11 Å². The van der Waals surface area contributed by atoms with Crippen LogP contribution in [-0.4, -0.2) is 24.8 Å². The molecule has 0 aliphatic carbocycles. The summed E-state index contributed by atoms with van der Waals surface area (Å²) >= 11 is 0. The summed E-state index contributed by atoms with van der Waals surface area (Å²) in [6, 6.07) is 0.